The van der Waals surface area contributed by atoms with Gasteiger partial charge in [0.25, 0.3) is 0 Å². The van der Waals surface area contributed by atoms with E-state index in [0.717, 1.165) is 17.9 Å². The minimum absolute atomic E-state index is 0. The van der Waals surface area contributed by atoms with Gasteiger partial charge >= 0.3 is 0 Å². The molecule has 0 aromatic carbocycles. The molecule has 1 aliphatic carbocycles. The van der Waals surface area contributed by atoms with Gasteiger partial charge in [0, 0.05) is 11.6 Å². The first kappa shape index (κ1) is 10.3. The average Bonchev–Trinajstić information content (AvgIpc) is 1.89. The molecular formula is C7H13Cl2N. The predicted octanol–water partition coefficient (Wildman–Crippen LogP) is 2.43. The van der Waals surface area contributed by atoms with Crippen LogP contribution in [0.1, 0.15) is 25.7 Å². The van der Waals surface area contributed by atoms with Gasteiger partial charge in [-0.05, 0) is 31.3 Å². The second-order valence-corrected chi connectivity index (χ2v) is 2.88. The lowest BCUT2D eigenvalue weighted by Gasteiger charge is -2.13. The fourth-order valence-electron chi connectivity index (χ4n) is 1.14. The molecule has 0 atom stereocenters. The smallest absolute Gasteiger partial charge is 0.0185 e. The van der Waals surface area contributed by atoms with Crippen LogP contribution in [0.4, 0.5) is 0 Å². The molecule has 0 aliphatic heterocycles. The van der Waals surface area contributed by atoms with Gasteiger partial charge < -0.3 is 5.73 Å². The standard InChI is InChI=1S/C7H12ClN.ClH/c8-7-4-2-1-3-6(7)5-9;/h1-5,9H2;1H. The predicted molar refractivity (Wildman–Crippen MR) is 47.6 cm³/mol. The maximum atomic E-state index is 5.88. The SMILES string of the molecule is Cl.NCC1=C(Cl)CCCC1. The highest BCUT2D eigenvalue weighted by molar-refractivity contribution is 6.30. The zero-order chi connectivity index (χ0) is 6.69. The van der Waals surface area contributed by atoms with Gasteiger partial charge in [0.2, 0.25) is 0 Å². The molecule has 0 aromatic heterocycles. The van der Waals surface area contributed by atoms with Gasteiger partial charge in [-0.1, -0.05) is 11.6 Å². The van der Waals surface area contributed by atoms with Crippen molar-refractivity contribution in [1.82, 2.24) is 0 Å². The summed E-state index contributed by atoms with van der Waals surface area (Å²) in [5, 5.41) is 1.02. The van der Waals surface area contributed by atoms with Crippen LogP contribution in [-0.2, 0) is 0 Å². The van der Waals surface area contributed by atoms with Crippen LogP contribution in [-0.4, -0.2) is 6.54 Å². The molecule has 0 aromatic rings. The molecule has 2 N–H and O–H groups in total. The molecule has 3 heteroatoms. The van der Waals surface area contributed by atoms with Crippen LogP contribution in [0.2, 0.25) is 0 Å². The molecule has 0 radical (unpaired) electrons. The highest BCUT2D eigenvalue weighted by Crippen LogP contribution is 2.26. The van der Waals surface area contributed by atoms with Crippen LogP contribution < -0.4 is 5.73 Å². The van der Waals surface area contributed by atoms with E-state index >= 15 is 0 Å². The summed E-state index contributed by atoms with van der Waals surface area (Å²) in [6.07, 6.45) is 4.68. The quantitative estimate of drug-likeness (QED) is 0.662. The van der Waals surface area contributed by atoms with Gasteiger partial charge in [0.15, 0.2) is 0 Å². The second-order valence-electron chi connectivity index (χ2n) is 2.42. The Hall–Kier alpha value is 0.280. The third kappa shape index (κ3) is 2.49. The minimum Gasteiger partial charge on any atom is -0.327 e. The Kier molecular flexibility index (Phi) is 5.14. The summed E-state index contributed by atoms with van der Waals surface area (Å²) in [4.78, 5) is 0. The first-order valence-electron chi connectivity index (χ1n) is 3.41. The Balaban J connectivity index is 0.000000810. The Morgan fingerprint density at radius 1 is 1.30 bits per heavy atom. The molecule has 10 heavy (non-hydrogen) atoms. The van der Waals surface area contributed by atoms with Crippen molar-refractivity contribution in [1.29, 1.82) is 0 Å². The van der Waals surface area contributed by atoms with Gasteiger partial charge in [0.1, 0.15) is 0 Å². The van der Waals surface area contributed by atoms with Crippen LogP contribution >= 0.6 is 24.0 Å². The number of rotatable bonds is 1. The third-order valence-corrected chi connectivity index (χ3v) is 2.21. The van der Waals surface area contributed by atoms with E-state index in [1.807, 2.05) is 0 Å². The van der Waals surface area contributed by atoms with Gasteiger partial charge in [-0.3, -0.25) is 0 Å². The first-order chi connectivity index (χ1) is 4.34. The topological polar surface area (TPSA) is 26.0 Å². The van der Waals surface area contributed by atoms with Crippen molar-refractivity contribution in [3.63, 3.8) is 0 Å². The van der Waals surface area contributed by atoms with Crippen LogP contribution in [0.15, 0.2) is 10.6 Å². The van der Waals surface area contributed by atoms with E-state index in [0.29, 0.717) is 6.54 Å². The summed E-state index contributed by atoms with van der Waals surface area (Å²) in [5.41, 5.74) is 6.72. The number of nitrogens with two attached hydrogens (primary N) is 1. The van der Waals surface area contributed by atoms with Crippen molar-refractivity contribution in [2.75, 3.05) is 6.54 Å². The van der Waals surface area contributed by atoms with Crippen molar-refractivity contribution in [3.8, 4) is 0 Å². The molecule has 0 saturated heterocycles. The zero-order valence-electron chi connectivity index (χ0n) is 5.90. The summed E-state index contributed by atoms with van der Waals surface area (Å²) < 4.78 is 0. The fourth-order valence-corrected chi connectivity index (χ4v) is 1.45. The van der Waals surface area contributed by atoms with E-state index in [1.54, 1.807) is 0 Å². The maximum absolute atomic E-state index is 5.88. The number of halogens is 2. The van der Waals surface area contributed by atoms with Crippen molar-refractivity contribution >= 4 is 24.0 Å². The lowest BCUT2D eigenvalue weighted by Crippen LogP contribution is -2.07. The van der Waals surface area contributed by atoms with E-state index in [4.69, 9.17) is 17.3 Å². The highest BCUT2D eigenvalue weighted by Gasteiger charge is 2.07. The largest absolute Gasteiger partial charge is 0.327 e. The molecule has 0 amide bonds. The van der Waals surface area contributed by atoms with Crippen LogP contribution in [0.5, 0.6) is 0 Å². The molecule has 1 aliphatic rings. The van der Waals surface area contributed by atoms with Crippen molar-refractivity contribution < 1.29 is 0 Å². The van der Waals surface area contributed by atoms with E-state index < -0.39 is 0 Å². The van der Waals surface area contributed by atoms with Gasteiger partial charge in [-0.15, -0.1) is 12.4 Å². The second kappa shape index (κ2) is 5.00. The lowest BCUT2D eigenvalue weighted by atomic mass is 10.00. The number of hydrogen-bond acceptors (Lipinski definition) is 1. The van der Waals surface area contributed by atoms with Crippen molar-refractivity contribution in [2.45, 2.75) is 25.7 Å². The van der Waals surface area contributed by atoms with E-state index in [-0.39, 0.29) is 12.4 Å². The van der Waals surface area contributed by atoms with E-state index in [9.17, 15) is 0 Å². The van der Waals surface area contributed by atoms with Gasteiger partial charge in [-0.25, -0.2) is 0 Å². The third-order valence-electron chi connectivity index (χ3n) is 1.75. The summed E-state index contributed by atoms with van der Waals surface area (Å²) in [6.45, 7) is 0.652. The zero-order valence-corrected chi connectivity index (χ0v) is 7.47. The normalized spacial score (nSPS) is 18.6. The Bertz CT molecular complexity index is 132. The molecular weight excluding hydrogens is 169 g/mol. The molecule has 1 rings (SSSR count). The molecule has 0 saturated carbocycles. The van der Waals surface area contributed by atoms with Crippen LogP contribution in [0, 0.1) is 0 Å². The summed E-state index contributed by atoms with van der Waals surface area (Å²) >= 11 is 5.88. The number of allylic oxidation sites excluding steroid dienone is 1. The Morgan fingerprint density at radius 2 is 1.90 bits per heavy atom. The molecule has 0 spiro atoms. The summed E-state index contributed by atoms with van der Waals surface area (Å²) in [6, 6.07) is 0. The monoisotopic (exact) mass is 181 g/mol. The molecule has 1 nitrogen and oxygen atoms in total. The molecule has 0 heterocycles. The van der Waals surface area contributed by atoms with Gasteiger partial charge in [0.05, 0.1) is 0 Å². The van der Waals surface area contributed by atoms with E-state index in [2.05, 4.69) is 0 Å². The summed E-state index contributed by atoms with van der Waals surface area (Å²) in [5.74, 6) is 0. The maximum Gasteiger partial charge on any atom is 0.0185 e. The Labute approximate surface area is 73.0 Å². The fraction of sp³-hybridized carbons (Fsp3) is 0.714. The Morgan fingerprint density at radius 3 is 2.30 bits per heavy atom. The van der Waals surface area contributed by atoms with Gasteiger partial charge in [-0.2, -0.15) is 0 Å². The molecule has 0 unspecified atom stereocenters. The van der Waals surface area contributed by atoms with Crippen molar-refractivity contribution in [2.24, 2.45) is 5.73 Å². The van der Waals surface area contributed by atoms with Crippen molar-refractivity contribution in [3.05, 3.63) is 10.6 Å². The summed E-state index contributed by atoms with van der Waals surface area (Å²) in [7, 11) is 0. The minimum atomic E-state index is 0. The molecule has 60 valence electrons. The number of hydrogen-bond donors (Lipinski definition) is 1. The molecule has 0 fully saturated rings. The van der Waals surface area contributed by atoms with Crippen LogP contribution in [0.3, 0.4) is 0 Å². The average molecular weight is 182 g/mol. The highest BCUT2D eigenvalue weighted by atomic mass is 35.5. The first-order valence-corrected chi connectivity index (χ1v) is 3.79. The van der Waals surface area contributed by atoms with Crippen LogP contribution in [0.25, 0.3) is 0 Å². The van der Waals surface area contributed by atoms with E-state index in [1.165, 1.54) is 18.4 Å². The molecule has 0 bridgehead atoms. The lowest BCUT2D eigenvalue weighted by molar-refractivity contribution is 0.682.